The van der Waals surface area contributed by atoms with E-state index >= 15 is 0 Å². The van der Waals surface area contributed by atoms with Gasteiger partial charge in [0, 0.05) is 16.9 Å². The number of halogens is 2. The third-order valence-corrected chi connectivity index (χ3v) is 3.92. The van der Waals surface area contributed by atoms with Crippen LogP contribution < -0.4 is 4.72 Å². The minimum atomic E-state index is -1.44. The molecule has 1 aromatic rings. The van der Waals surface area contributed by atoms with Crippen molar-refractivity contribution in [2.45, 2.75) is 31.6 Å². The Morgan fingerprint density at radius 2 is 1.83 bits per heavy atom. The molecule has 0 fully saturated rings. The third-order valence-electron chi connectivity index (χ3n) is 2.34. The van der Waals surface area contributed by atoms with Gasteiger partial charge in [0.1, 0.15) is 22.4 Å². The van der Waals surface area contributed by atoms with Gasteiger partial charge < -0.3 is 4.55 Å². The van der Waals surface area contributed by atoms with E-state index in [2.05, 4.69) is 11.3 Å². The van der Waals surface area contributed by atoms with Crippen LogP contribution in [0.1, 0.15) is 32.4 Å². The molecule has 0 bridgehead atoms. The second-order valence-electron chi connectivity index (χ2n) is 4.85. The molecule has 0 aliphatic carbocycles. The Labute approximate surface area is 109 Å². The van der Waals surface area contributed by atoms with E-state index in [0.29, 0.717) is 0 Å². The summed E-state index contributed by atoms with van der Waals surface area (Å²) in [6, 6.07) is 2.79. The fourth-order valence-corrected chi connectivity index (χ4v) is 2.12. The first-order valence-electron chi connectivity index (χ1n) is 5.52. The molecule has 0 aliphatic heterocycles. The van der Waals surface area contributed by atoms with Crippen molar-refractivity contribution in [2.75, 3.05) is 0 Å². The summed E-state index contributed by atoms with van der Waals surface area (Å²) < 4.78 is 41.3. The second kappa shape index (κ2) is 5.82. The monoisotopic (exact) mass is 273 g/mol. The van der Waals surface area contributed by atoms with Crippen molar-refractivity contribution in [3.63, 3.8) is 0 Å². The maximum Gasteiger partial charge on any atom is 0.136 e. The van der Waals surface area contributed by atoms with Crippen LogP contribution in [0, 0.1) is 11.6 Å². The molecule has 0 amide bonds. The molecule has 1 rings (SSSR count). The molecule has 1 aromatic carbocycles. The molecule has 0 saturated heterocycles. The first-order valence-corrected chi connectivity index (χ1v) is 6.67. The average Bonchev–Trinajstić information content (AvgIpc) is 2.25. The van der Waals surface area contributed by atoms with Crippen molar-refractivity contribution in [1.29, 1.82) is 0 Å². The van der Waals surface area contributed by atoms with Gasteiger partial charge in [0.25, 0.3) is 0 Å². The summed E-state index contributed by atoms with van der Waals surface area (Å²) >= 11 is -1.44. The lowest BCUT2D eigenvalue weighted by molar-refractivity contribution is 0.514. The summed E-state index contributed by atoms with van der Waals surface area (Å²) in [4.78, 5) is 0. The highest BCUT2D eigenvalue weighted by Crippen LogP contribution is 2.24. The minimum Gasteiger partial charge on any atom is -0.598 e. The zero-order valence-electron chi connectivity index (χ0n) is 10.7. The summed E-state index contributed by atoms with van der Waals surface area (Å²) in [6.07, 6.45) is 1.34. The molecule has 1 N–H and O–H groups in total. The zero-order valence-corrected chi connectivity index (χ0v) is 11.5. The van der Waals surface area contributed by atoms with E-state index < -0.39 is 33.8 Å². The summed E-state index contributed by atoms with van der Waals surface area (Å²) in [5.41, 5.74) is -0.162. The molecule has 18 heavy (non-hydrogen) atoms. The van der Waals surface area contributed by atoms with Crippen LogP contribution in [0.4, 0.5) is 8.78 Å². The predicted octanol–water partition coefficient (Wildman–Crippen LogP) is 3.24. The maximum atomic E-state index is 13.6. The van der Waals surface area contributed by atoms with E-state index in [9.17, 15) is 13.3 Å². The molecule has 0 unspecified atom stereocenters. The lowest BCUT2D eigenvalue weighted by Gasteiger charge is -2.27. The van der Waals surface area contributed by atoms with Gasteiger partial charge in [-0.1, -0.05) is 12.1 Å². The Kier molecular flexibility index (Phi) is 4.90. The van der Waals surface area contributed by atoms with Crippen molar-refractivity contribution in [2.24, 2.45) is 0 Å². The summed E-state index contributed by atoms with van der Waals surface area (Å²) in [7, 11) is 0. The van der Waals surface area contributed by atoms with Crippen molar-refractivity contribution in [1.82, 2.24) is 4.72 Å². The Morgan fingerprint density at radius 3 is 2.22 bits per heavy atom. The number of nitrogens with one attached hydrogen (secondary N) is 1. The number of rotatable bonds is 4. The largest absolute Gasteiger partial charge is 0.598 e. The van der Waals surface area contributed by atoms with Crippen LogP contribution in [-0.2, 0) is 11.4 Å². The summed E-state index contributed by atoms with van der Waals surface area (Å²) in [5.74, 6) is -1.36. The first-order chi connectivity index (χ1) is 8.27. The molecule has 2 atom stereocenters. The van der Waals surface area contributed by atoms with Crippen molar-refractivity contribution in [3.8, 4) is 0 Å². The van der Waals surface area contributed by atoms with Gasteiger partial charge >= 0.3 is 0 Å². The van der Waals surface area contributed by atoms with Crippen LogP contribution in [0.3, 0.4) is 0 Å². The third kappa shape index (κ3) is 3.54. The number of hydrogen-bond donors (Lipinski definition) is 1. The minimum absolute atomic E-state index is 0.162. The zero-order chi connectivity index (χ0) is 13.9. The number of hydrogen-bond acceptors (Lipinski definition) is 2. The fraction of sp³-hybridized carbons (Fsp3) is 0.385. The fourth-order valence-electron chi connectivity index (χ4n) is 1.32. The molecule has 0 aliphatic rings. The van der Waals surface area contributed by atoms with E-state index in [1.807, 2.05) is 0 Å². The van der Waals surface area contributed by atoms with E-state index in [1.165, 1.54) is 12.1 Å². The molecule has 0 spiro atoms. The van der Waals surface area contributed by atoms with Gasteiger partial charge in [0.2, 0.25) is 0 Å². The van der Waals surface area contributed by atoms with E-state index in [-0.39, 0.29) is 5.56 Å². The van der Waals surface area contributed by atoms with Gasteiger partial charge in [-0.15, -0.1) is 11.3 Å². The first kappa shape index (κ1) is 15.1. The lowest BCUT2D eigenvalue weighted by atomic mass is 10.1. The van der Waals surface area contributed by atoms with Crippen molar-refractivity contribution < 1.29 is 13.3 Å². The van der Waals surface area contributed by atoms with Crippen LogP contribution in [0.2, 0.25) is 0 Å². The molecule has 0 radical (unpaired) electrons. The number of benzene rings is 1. The smallest absolute Gasteiger partial charge is 0.136 e. The molecular weight excluding hydrogens is 256 g/mol. The van der Waals surface area contributed by atoms with Gasteiger partial charge in [-0.05, 0) is 32.9 Å². The Bertz CT molecular complexity index is 411. The van der Waals surface area contributed by atoms with E-state index in [4.69, 9.17) is 0 Å². The quantitative estimate of drug-likeness (QED) is 0.675. The highest BCUT2D eigenvalue weighted by molar-refractivity contribution is 7.90. The molecule has 0 aromatic heterocycles. The van der Waals surface area contributed by atoms with Crippen LogP contribution in [0.5, 0.6) is 0 Å². The summed E-state index contributed by atoms with van der Waals surface area (Å²) in [6.45, 7) is 8.84. The van der Waals surface area contributed by atoms with Crippen LogP contribution in [0.15, 0.2) is 30.9 Å². The van der Waals surface area contributed by atoms with E-state index in [0.717, 1.165) is 12.1 Å². The Balaban J connectivity index is 3.01. The van der Waals surface area contributed by atoms with Crippen molar-refractivity contribution >= 4 is 11.4 Å². The van der Waals surface area contributed by atoms with Gasteiger partial charge in [-0.3, -0.25) is 0 Å². The molecule has 2 nitrogen and oxygen atoms in total. The standard InChI is InChI=1S/C13H17F2NOS/c1-5-11(16-18(17)13(2,3)4)12-9(14)7-6-8-10(12)15/h5-8,11,16H,1H2,2-4H3/t11-,18-/m0/s1. The molecule has 100 valence electrons. The summed E-state index contributed by atoms with van der Waals surface area (Å²) in [5, 5.41) is 0. The molecule has 0 heterocycles. The molecule has 0 saturated carbocycles. The molecule has 5 heteroatoms. The van der Waals surface area contributed by atoms with Gasteiger partial charge in [0.15, 0.2) is 0 Å². The van der Waals surface area contributed by atoms with Crippen LogP contribution >= 0.6 is 0 Å². The highest BCUT2D eigenvalue weighted by Gasteiger charge is 2.30. The second-order valence-corrected chi connectivity index (χ2v) is 6.85. The van der Waals surface area contributed by atoms with E-state index in [1.54, 1.807) is 20.8 Å². The maximum absolute atomic E-state index is 13.6. The van der Waals surface area contributed by atoms with Crippen LogP contribution in [0.25, 0.3) is 0 Å². The highest BCUT2D eigenvalue weighted by atomic mass is 32.2. The van der Waals surface area contributed by atoms with Gasteiger partial charge in [-0.2, -0.15) is 0 Å². The average molecular weight is 273 g/mol. The van der Waals surface area contributed by atoms with Crippen molar-refractivity contribution in [3.05, 3.63) is 48.1 Å². The SMILES string of the molecule is C=C[C@H](N[S@@+]([O-])C(C)(C)C)c1c(F)cccc1F. The Hall–Kier alpha value is -0.910. The van der Waals surface area contributed by atoms with Crippen LogP contribution in [-0.4, -0.2) is 9.30 Å². The lowest BCUT2D eigenvalue weighted by Crippen LogP contribution is -2.41. The topological polar surface area (TPSA) is 35.1 Å². The van der Waals surface area contributed by atoms with Gasteiger partial charge in [0.05, 0.1) is 0 Å². The Morgan fingerprint density at radius 1 is 1.33 bits per heavy atom. The molecular formula is C13H17F2NOS. The van der Waals surface area contributed by atoms with Gasteiger partial charge in [-0.25, -0.2) is 8.78 Å². The normalized spacial score (nSPS) is 15.2. The predicted molar refractivity (Wildman–Crippen MR) is 70.3 cm³/mol.